The number of amides is 1. The van der Waals surface area contributed by atoms with Gasteiger partial charge in [0.05, 0.1) is 23.0 Å². The number of anilines is 1. The first-order chi connectivity index (χ1) is 14.9. The van der Waals surface area contributed by atoms with E-state index in [0.717, 1.165) is 45.0 Å². The van der Waals surface area contributed by atoms with Crippen LogP contribution in [0.2, 0.25) is 5.02 Å². The molecule has 2 aromatic heterocycles. The molecule has 2 heterocycles. The predicted molar refractivity (Wildman–Crippen MR) is 128 cm³/mol. The van der Waals surface area contributed by atoms with Crippen molar-refractivity contribution in [2.75, 3.05) is 11.4 Å². The molecule has 0 radical (unpaired) electrons. The van der Waals surface area contributed by atoms with Gasteiger partial charge in [-0.05, 0) is 56.0 Å². The molecule has 0 bridgehead atoms. The molecule has 160 valence electrons. The molecule has 0 aliphatic carbocycles. The zero-order valence-corrected chi connectivity index (χ0v) is 19.5. The van der Waals surface area contributed by atoms with E-state index >= 15 is 0 Å². The maximum atomic E-state index is 13.4. The summed E-state index contributed by atoms with van der Waals surface area (Å²) in [6.45, 7) is 7.51. The second-order valence-corrected chi connectivity index (χ2v) is 9.32. The topological polar surface area (TPSA) is 51.0 Å². The number of carbonyl (C=O) groups is 1. The summed E-state index contributed by atoms with van der Waals surface area (Å²) < 4.78 is 3.02. The fourth-order valence-corrected chi connectivity index (χ4v) is 5.18. The van der Waals surface area contributed by atoms with E-state index in [1.807, 2.05) is 34.7 Å². The highest BCUT2D eigenvalue weighted by Gasteiger charge is 2.21. The summed E-state index contributed by atoms with van der Waals surface area (Å²) in [7, 11) is 0. The Labute approximate surface area is 191 Å². The molecular formula is C24H25ClN4OS. The van der Waals surface area contributed by atoms with Gasteiger partial charge in [0.2, 0.25) is 5.91 Å². The van der Waals surface area contributed by atoms with Crippen LogP contribution in [-0.4, -0.2) is 27.0 Å². The molecule has 5 nitrogen and oxygen atoms in total. The van der Waals surface area contributed by atoms with E-state index in [2.05, 4.69) is 37.0 Å². The number of halogens is 1. The summed E-state index contributed by atoms with van der Waals surface area (Å²) in [5, 5.41) is 1.41. The van der Waals surface area contributed by atoms with E-state index < -0.39 is 0 Å². The molecule has 0 atom stereocenters. The van der Waals surface area contributed by atoms with Crippen molar-refractivity contribution in [3.63, 3.8) is 0 Å². The standard InChI is InChI=1S/C24H25ClN4OS/c1-16-5-6-19(17(2)11-16)13-22(30)29(9-4-8-28-10-7-26-15-28)24-27-23-18(3)12-20(25)14-21(23)31-24/h5-7,10-12,14-15H,4,8-9,13H2,1-3H3. The van der Waals surface area contributed by atoms with Crippen LogP contribution in [0.15, 0.2) is 49.1 Å². The smallest absolute Gasteiger partial charge is 0.233 e. The number of aryl methyl sites for hydroxylation is 4. The molecule has 0 saturated carbocycles. The fourth-order valence-electron chi connectivity index (χ4n) is 3.72. The van der Waals surface area contributed by atoms with E-state index in [-0.39, 0.29) is 5.91 Å². The Hall–Kier alpha value is -2.70. The zero-order valence-electron chi connectivity index (χ0n) is 17.9. The van der Waals surface area contributed by atoms with Crippen molar-refractivity contribution in [2.24, 2.45) is 0 Å². The average Bonchev–Trinajstić information content (AvgIpc) is 3.37. The molecule has 0 saturated heterocycles. The lowest BCUT2D eigenvalue weighted by Crippen LogP contribution is -2.33. The monoisotopic (exact) mass is 452 g/mol. The summed E-state index contributed by atoms with van der Waals surface area (Å²) >= 11 is 7.76. The predicted octanol–water partition coefficient (Wildman–Crippen LogP) is 5.74. The van der Waals surface area contributed by atoms with Crippen LogP contribution in [0.3, 0.4) is 0 Å². The molecule has 0 fully saturated rings. The molecule has 2 aromatic carbocycles. The van der Waals surface area contributed by atoms with Gasteiger partial charge in [-0.3, -0.25) is 9.69 Å². The van der Waals surface area contributed by atoms with Crippen LogP contribution in [0.25, 0.3) is 10.2 Å². The Morgan fingerprint density at radius 3 is 2.74 bits per heavy atom. The molecule has 31 heavy (non-hydrogen) atoms. The lowest BCUT2D eigenvalue weighted by Gasteiger charge is -2.20. The van der Waals surface area contributed by atoms with Gasteiger partial charge in [0.25, 0.3) is 0 Å². The van der Waals surface area contributed by atoms with E-state index in [1.165, 1.54) is 16.9 Å². The maximum absolute atomic E-state index is 13.4. The second-order valence-electron chi connectivity index (χ2n) is 7.87. The van der Waals surface area contributed by atoms with E-state index in [9.17, 15) is 4.79 Å². The molecule has 4 rings (SSSR count). The molecule has 4 aromatic rings. The van der Waals surface area contributed by atoms with Crippen molar-refractivity contribution in [1.29, 1.82) is 0 Å². The Kier molecular flexibility index (Phi) is 6.39. The largest absolute Gasteiger partial charge is 0.337 e. The number of nitrogens with zero attached hydrogens (tertiary/aromatic N) is 4. The number of thiazole rings is 1. The number of hydrogen-bond donors (Lipinski definition) is 0. The van der Waals surface area contributed by atoms with Crippen molar-refractivity contribution in [2.45, 2.75) is 40.2 Å². The van der Waals surface area contributed by atoms with Crippen LogP contribution in [-0.2, 0) is 17.8 Å². The van der Waals surface area contributed by atoms with Crippen LogP contribution in [0.4, 0.5) is 5.13 Å². The molecule has 0 spiro atoms. The van der Waals surface area contributed by atoms with E-state index in [4.69, 9.17) is 16.6 Å². The van der Waals surface area contributed by atoms with Gasteiger partial charge in [-0.2, -0.15) is 0 Å². The van der Waals surface area contributed by atoms with Gasteiger partial charge >= 0.3 is 0 Å². The maximum Gasteiger partial charge on any atom is 0.233 e. The van der Waals surface area contributed by atoms with Gasteiger partial charge in [0, 0.05) is 30.5 Å². The number of aromatic nitrogens is 3. The number of carbonyl (C=O) groups excluding carboxylic acids is 1. The third-order valence-electron chi connectivity index (χ3n) is 5.37. The SMILES string of the molecule is Cc1ccc(CC(=O)N(CCCn2ccnc2)c2nc3c(C)cc(Cl)cc3s2)c(C)c1. The third-order valence-corrected chi connectivity index (χ3v) is 6.61. The summed E-state index contributed by atoms with van der Waals surface area (Å²) in [6, 6.07) is 10.1. The van der Waals surface area contributed by atoms with Gasteiger partial charge in [-0.15, -0.1) is 0 Å². The molecule has 7 heteroatoms. The van der Waals surface area contributed by atoms with Crippen LogP contribution in [0.5, 0.6) is 0 Å². The van der Waals surface area contributed by atoms with Gasteiger partial charge in [0.1, 0.15) is 0 Å². The summed E-state index contributed by atoms with van der Waals surface area (Å²) in [5.41, 5.74) is 5.31. The van der Waals surface area contributed by atoms with Crippen LogP contribution < -0.4 is 4.90 Å². The number of rotatable bonds is 7. The normalized spacial score (nSPS) is 11.2. The van der Waals surface area contributed by atoms with E-state index in [1.54, 1.807) is 12.5 Å². The number of benzene rings is 2. The highest BCUT2D eigenvalue weighted by Crippen LogP contribution is 2.33. The van der Waals surface area contributed by atoms with Crippen LogP contribution in [0.1, 0.15) is 28.7 Å². The molecule has 0 N–H and O–H groups in total. The summed E-state index contributed by atoms with van der Waals surface area (Å²) in [5.74, 6) is 0.0559. The number of hydrogen-bond acceptors (Lipinski definition) is 4. The highest BCUT2D eigenvalue weighted by molar-refractivity contribution is 7.22. The molecule has 0 aliphatic rings. The number of imidazole rings is 1. The average molecular weight is 453 g/mol. The quantitative estimate of drug-likeness (QED) is 0.359. The zero-order chi connectivity index (χ0) is 22.0. The molecule has 1 amide bonds. The fraction of sp³-hybridized carbons (Fsp3) is 0.292. The van der Waals surface area contributed by atoms with Crippen molar-refractivity contribution in [1.82, 2.24) is 14.5 Å². The van der Waals surface area contributed by atoms with Gasteiger partial charge in [-0.25, -0.2) is 9.97 Å². The minimum absolute atomic E-state index is 0.0559. The highest BCUT2D eigenvalue weighted by atomic mass is 35.5. The first kappa shape index (κ1) is 21.5. The van der Waals surface area contributed by atoms with Crippen molar-refractivity contribution >= 4 is 44.2 Å². The van der Waals surface area contributed by atoms with Gasteiger partial charge in [-0.1, -0.05) is 46.7 Å². The minimum Gasteiger partial charge on any atom is -0.337 e. The first-order valence-electron chi connectivity index (χ1n) is 10.3. The van der Waals surface area contributed by atoms with Crippen molar-refractivity contribution in [3.8, 4) is 0 Å². The van der Waals surface area contributed by atoms with Crippen molar-refractivity contribution in [3.05, 3.63) is 76.3 Å². The first-order valence-corrected chi connectivity index (χ1v) is 11.5. The third kappa shape index (κ3) is 4.97. The minimum atomic E-state index is 0.0559. The van der Waals surface area contributed by atoms with Gasteiger partial charge < -0.3 is 4.57 Å². The van der Waals surface area contributed by atoms with Crippen molar-refractivity contribution < 1.29 is 4.79 Å². The van der Waals surface area contributed by atoms with Gasteiger partial charge in [0.15, 0.2) is 5.13 Å². The Morgan fingerprint density at radius 1 is 1.16 bits per heavy atom. The summed E-state index contributed by atoms with van der Waals surface area (Å²) in [4.78, 5) is 24.2. The van der Waals surface area contributed by atoms with Crippen LogP contribution in [0, 0.1) is 20.8 Å². The van der Waals surface area contributed by atoms with Crippen LogP contribution >= 0.6 is 22.9 Å². The molecular weight excluding hydrogens is 428 g/mol. The molecule has 0 unspecified atom stereocenters. The lowest BCUT2D eigenvalue weighted by molar-refractivity contribution is -0.118. The van der Waals surface area contributed by atoms with E-state index in [0.29, 0.717) is 18.0 Å². The Balaban J connectivity index is 1.61. The Bertz CT molecular complexity index is 1220. The second kappa shape index (κ2) is 9.20. The Morgan fingerprint density at radius 2 is 2.00 bits per heavy atom. The number of fused-ring (bicyclic) bond motifs is 1. The molecule has 0 aliphatic heterocycles. The summed E-state index contributed by atoms with van der Waals surface area (Å²) in [6.07, 6.45) is 6.66. The lowest BCUT2D eigenvalue weighted by atomic mass is 10.0.